The largest absolute Gasteiger partial charge is 0.393 e. The van der Waals surface area contributed by atoms with Gasteiger partial charge in [0.25, 0.3) is 5.91 Å². The average Bonchev–Trinajstić information content (AvgIpc) is 2.38. The highest BCUT2D eigenvalue weighted by atomic mass is 19.1. The Kier molecular flexibility index (Phi) is 4.69. The molecule has 0 aromatic heterocycles. The van der Waals surface area contributed by atoms with E-state index in [2.05, 4.69) is 5.32 Å². The molecule has 0 aliphatic carbocycles. The minimum absolute atomic E-state index is 0.300. The summed E-state index contributed by atoms with van der Waals surface area (Å²) in [4.78, 5) is 20.9. The van der Waals surface area contributed by atoms with Gasteiger partial charge in [-0.3, -0.25) is 14.9 Å². The molecule has 1 rings (SSSR count). The molecule has 0 saturated carbocycles. The van der Waals surface area contributed by atoms with Crippen LogP contribution in [0.1, 0.15) is 17.3 Å². The van der Waals surface area contributed by atoms with Crippen molar-refractivity contribution in [2.45, 2.75) is 12.5 Å². The van der Waals surface area contributed by atoms with E-state index in [1.165, 1.54) is 6.92 Å². The topological polar surface area (TPSA) is 113 Å². The molecule has 0 fully saturated rings. The SMILES string of the molecule is CC(O)(CO)CNC(=O)c1cc(F)c([N+](=O)[O-])cc1F. The summed E-state index contributed by atoms with van der Waals surface area (Å²) in [7, 11) is 0. The predicted molar refractivity (Wildman–Crippen MR) is 63.1 cm³/mol. The van der Waals surface area contributed by atoms with Crippen LogP contribution in [0.3, 0.4) is 0 Å². The van der Waals surface area contributed by atoms with Crippen molar-refractivity contribution in [1.29, 1.82) is 0 Å². The first kappa shape index (κ1) is 15.9. The Morgan fingerprint density at radius 1 is 1.45 bits per heavy atom. The Morgan fingerprint density at radius 2 is 2.05 bits per heavy atom. The average molecular weight is 290 g/mol. The second-order valence-corrected chi connectivity index (χ2v) is 4.38. The van der Waals surface area contributed by atoms with Crippen molar-refractivity contribution >= 4 is 11.6 Å². The zero-order valence-corrected chi connectivity index (χ0v) is 10.4. The standard InChI is InChI=1S/C11H12F2N2O5/c1-11(18,5-16)4-14-10(17)6-2-8(13)9(15(19)20)3-7(6)12/h2-3,16,18H,4-5H2,1H3,(H,14,17). The number of amides is 1. The number of hydrogen-bond donors (Lipinski definition) is 3. The minimum atomic E-state index is -1.62. The van der Waals surface area contributed by atoms with Gasteiger partial charge in [-0.05, 0) is 13.0 Å². The molecule has 1 amide bonds. The molecule has 20 heavy (non-hydrogen) atoms. The Bertz CT molecular complexity index is 548. The van der Waals surface area contributed by atoms with Gasteiger partial charge in [-0.1, -0.05) is 0 Å². The van der Waals surface area contributed by atoms with Gasteiger partial charge < -0.3 is 15.5 Å². The summed E-state index contributed by atoms with van der Waals surface area (Å²) in [6, 6.07) is 0.699. The van der Waals surface area contributed by atoms with Gasteiger partial charge in [0.1, 0.15) is 11.4 Å². The van der Waals surface area contributed by atoms with E-state index >= 15 is 0 Å². The van der Waals surface area contributed by atoms with Gasteiger partial charge in [0, 0.05) is 6.54 Å². The maximum atomic E-state index is 13.5. The summed E-state index contributed by atoms with van der Waals surface area (Å²) in [5, 5.41) is 30.7. The molecule has 0 spiro atoms. The summed E-state index contributed by atoms with van der Waals surface area (Å²) in [6.07, 6.45) is 0. The third-order valence-corrected chi connectivity index (χ3v) is 2.45. The molecule has 7 nitrogen and oxygen atoms in total. The number of nitrogens with one attached hydrogen (secondary N) is 1. The van der Waals surface area contributed by atoms with Crippen LogP contribution in [0.2, 0.25) is 0 Å². The number of aliphatic hydroxyl groups is 2. The summed E-state index contributed by atoms with van der Waals surface area (Å²) in [5.41, 5.74) is -3.44. The lowest BCUT2D eigenvalue weighted by atomic mass is 10.1. The lowest BCUT2D eigenvalue weighted by Gasteiger charge is -2.20. The molecule has 1 aromatic rings. The van der Waals surface area contributed by atoms with Crippen molar-refractivity contribution in [2.24, 2.45) is 0 Å². The van der Waals surface area contributed by atoms with Gasteiger partial charge in [-0.2, -0.15) is 4.39 Å². The molecule has 9 heteroatoms. The normalized spacial score (nSPS) is 13.7. The number of nitrogens with zero attached hydrogens (tertiary/aromatic N) is 1. The number of halogens is 2. The quantitative estimate of drug-likeness (QED) is 0.535. The van der Waals surface area contributed by atoms with E-state index in [1.54, 1.807) is 0 Å². The van der Waals surface area contributed by atoms with Gasteiger partial charge >= 0.3 is 5.69 Å². The number of rotatable bonds is 5. The van der Waals surface area contributed by atoms with Crippen molar-refractivity contribution in [3.05, 3.63) is 39.4 Å². The van der Waals surface area contributed by atoms with Crippen molar-refractivity contribution < 1.29 is 28.7 Å². The zero-order chi connectivity index (χ0) is 15.5. The second-order valence-electron chi connectivity index (χ2n) is 4.38. The first-order chi connectivity index (χ1) is 9.18. The zero-order valence-electron chi connectivity index (χ0n) is 10.4. The number of carbonyl (C=O) groups is 1. The van der Waals surface area contributed by atoms with Gasteiger partial charge in [0.2, 0.25) is 5.82 Å². The first-order valence-corrected chi connectivity index (χ1v) is 5.43. The second kappa shape index (κ2) is 5.88. The highest BCUT2D eigenvalue weighted by molar-refractivity contribution is 5.94. The van der Waals surface area contributed by atoms with E-state index in [-0.39, 0.29) is 0 Å². The maximum absolute atomic E-state index is 13.5. The van der Waals surface area contributed by atoms with Crippen LogP contribution in [0.15, 0.2) is 12.1 Å². The third-order valence-electron chi connectivity index (χ3n) is 2.45. The van der Waals surface area contributed by atoms with Crippen molar-refractivity contribution in [1.82, 2.24) is 5.32 Å². The van der Waals surface area contributed by atoms with E-state index in [1.807, 2.05) is 0 Å². The maximum Gasteiger partial charge on any atom is 0.307 e. The monoisotopic (exact) mass is 290 g/mol. The van der Waals surface area contributed by atoms with Crippen LogP contribution in [-0.2, 0) is 0 Å². The number of nitro groups is 1. The summed E-state index contributed by atoms with van der Waals surface area (Å²) in [6.45, 7) is 0.171. The molecule has 0 bridgehead atoms. The lowest BCUT2D eigenvalue weighted by molar-refractivity contribution is -0.387. The van der Waals surface area contributed by atoms with Crippen LogP contribution in [0.4, 0.5) is 14.5 Å². The molecule has 1 aromatic carbocycles. The molecular formula is C11H12F2N2O5. The molecule has 0 saturated heterocycles. The van der Waals surface area contributed by atoms with E-state index < -0.39 is 52.5 Å². The van der Waals surface area contributed by atoms with Crippen LogP contribution in [0.5, 0.6) is 0 Å². The van der Waals surface area contributed by atoms with Crippen LogP contribution in [-0.4, -0.2) is 39.8 Å². The van der Waals surface area contributed by atoms with E-state index in [4.69, 9.17) is 5.11 Å². The minimum Gasteiger partial charge on any atom is -0.393 e. The molecule has 110 valence electrons. The van der Waals surface area contributed by atoms with E-state index in [0.717, 1.165) is 0 Å². The van der Waals surface area contributed by atoms with Crippen molar-refractivity contribution in [3.63, 3.8) is 0 Å². The van der Waals surface area contributed by atoms with Gasteiger partial charge in [0.05, 0.1) is 23.2 Å². The molecule has 0 heterocycles. The fourth-order valence-corrected chi connectivity index (χ4v) is 1.27. The highest BCUT2D eigenvalue weighted by Crippen LogP contribution is 2.21. The fraction of sp³-hybridized carbons (Fsp3) is 0.364. The van der Waals surface area contributed by atoms with Crippen LogP contribution >= 0.6 is 0 Å². The fourth-order valence-electron chi connectivity index (χ4n) is 1.27. The summed E-state index contributed by atoms with van der Waals surface area (Å²) in [5.74, 6) is -3.68. The number of carbonyl (C=O) groups excluding carboxylic acids is 1. The molecule has 1 atom stereocenters. The summed E-state index contributed by atoms with van der Waals surface area (Å²) >= 11 is 0. The first-order valence-electron chi connectivity index (χ1n) is 5.43. The number of aliphatic hydroxyl groups excluding tert-OH is 1. The Balaban J connectivity index is 2.95. The Hall–Kier alpha value is -2.13. The number of nitro benzene ring substituents is 1. The Labute approximate surface area is 112 Å². The van der Waals surface area contributed by atoms with Crippen molar-refractivity contribution in [3.8, 4) is 0 Å². The van der Waals surface area contributed by atoms with E-state index in [0.29, 0.717) is 12.1 Å². The van der Waals surface area contributed by atoms with Gasteiger partial charge in [-0.25, -0.2) is 4.39 Å². The summed E-state index contributed by atoms with van der Waals surface area (Å²) < 4.78 is 26.8. The number of hydrogen-bond acceptors (Lipinski definition) is 5. The third kappa shape index (κ3) is 3.68. The Morgan fingerprint density at radius 3 is 2.55 bits per heavy atom. The van der Waals surface area contributed by atoms with Crippen molar-refractivity contribution in [2.75, 3.05) is 13.2 Å². The number of benzene rings is 1. The smallest absolute Gasteiger partial charge is 0.307 e. The van der Waals surface area contributed by atoms with Gasteiger partial charge in [0.15, 0.2) is 0 Å². The van der Waals surface area contributed by atoms with Crippen LogP contribution in [0.25, 0.3) is 0 Å². The van der Waals surface area contributed by atoms with Crippen LogP contribution in [0, 0.1) is 21.7 Å². The highest BCUT2D eigenvalue weighted by Gasteiger charge is 2.24. The molecule has 0 radical (unpaired) electrons. The molecule has 0 aliphatic heterocycles. The van der Waals surface area contributed by atoms with Crippen LogP contribution < -0.4 is 5.32 Å². The lowest BCUT2D eigenvalue weighted by Crippen LogP contribution is -2.43. The molecule has 3 N–H and O–H groups in total. The molecule has 0 aliphatic rings. The predicted octanol–water partition coefficient (Wildman–Crippen LogP) is 0.346. The molecular weight excluding hydrogens is 278 g/mol. The molecule has 1 unspecified atom stereocenters. The van der Waals surface area contributed by atoms with Gasteiger partial charge in [-0.15, -0.1) is 0 Å². The van der Waals surface area contributed by atoms with E-state index in [9.17, 15) is 28.8 Å².